The average Bonchev–Trinajstić information content (AvgIpc) is 3.27. The van der Waals surface area contributed by atoms with Gasteiger partial charge in [-0.25, -0.2) is 4.98 Å². The molecule has 1 fully saturated rings. The zero-order valence-corrected chi connectivity index (χ0v) is 16.1. The molecule has 0 saturated carbocycles. The topological polar surface area (TPSA) is 95.2 Å². The van der Waals surface area contributed by atoms with Crippen LogP contribution in [0.2, 0.25) is 0 Å². The number of nitrogens with one attached hydrogen (secondary N) is 2. The van der Waals surface area contributed by atoms with Crippen molar-refractivity contribution in [3.8, 4) is 0 Å². The monoisotopic (exact) mass is 380 g/mol. The molecule has 0 aliphatic carbocycles. The van der Waals surface area contributed by atoms with E-state index in [0.29, 0.717) is 17.9 Å². The molecule has 2 amide bonds. The van der Waals surface area contributed by atoms with E-state index in [1.54, 1.807) is 11.0 Å². The number of nitrogens with zero attached hydrogens (tertiary/aromatic N) is 2. The van der Waals surface area contributed by atoms with Crippen molar-refractivity contribution in [2.75, 3.05) is 6.54 Å². The van der Waals surface area contributed by atoms with Gasteiger partial charge in [-0.3, -0.25) is 14.4 Å². The van der Waals surface area contributed by atoms with Crippen LogP contribution >= 0.6 is 0 Å². The van der Waals surface area contributed by atoms with Crippen molar-refractivity contribution in [1.82, 2.24) is 20.2 Å². The Morgan fingerprint density at radius 2 is 2.07 bits per heavy atom. The fourth-order valence-corrected chi connectivity index (χ4v) is 4.07. The quantitative estimate of drug-likeness (QED) is 0.852. The van der Waals surface area contributed by atoms with E-state index in [9.17, 15) is 14.4 Å². The average molecular weight is 380 g/mol. The normalized spacial score (nSPS) is 21.1. The number of carbonyl (C=O) groups excluding carboxylic acids is 2. The zero-order chi connectivity index (χ0) is 19.8. The van der Waals surface area contributed by atoms with Crippen LogP contribution < -0.4 is 10.9 Å². The minimum atomic E-state index is -0.313. The number of rotatable bonds is 4. The third-order valence-corrected chi connectivity index (χ3v) is 5.53. The number of hydrogen-bond donors (Lipinski definition) is 2. The number of amides is 2. The maximum Gasteiger partial charge on any atom is 0.252 e. The molecule has 2 aromatic rings. The Labute approximate surface area is 163 Å². The number of H-pyrrole nitrogens is 1. The smallest absolute Gasteiger partial charge is 0.252 e. The van der Waals surface area contributed by atoms with Gasteiger partial charge < -0.3 is 15.2 Å². The minimum absolute atomic E-state index is 0.0397. The zero-order valence-electron chi connectivity index (χ0n) is 16.1. The Morgan fingerprint density at radius 3 is 2.86 bits per heavy atom. The highest BCUT2D eigenvalue weighted by Gasteiger charge is 2.36. The standard InChI is InChI=1S/C21H24N4O3/c1-12(2)15-10-18(26)24-20(22-15)17-8-5-9-25(17)19(27)11-16-13-6-3-4-7-14(13)21(28)23-16/h3-4,6-7,10,12,16-17H,5,8-9,11H2,1-2H3,(H,23,28)(H,22,24,26)/t16-,17-/m0/s1. The third kappa shape index (κ3) is 3.32. The Balaban J connectivity index is 1.55. The van der Waals surface area contributed by atoms with Crippen molar-refractivity contribution in [3.63, 3.8) is 0 Å². The Morgan fingerprint density at radius 1 is 1.29 bits per heavy atom. The van der Waals surface area contributed by atoms with Gasteiger partial charge in [0.05, 0.1) is 24.2 Å². The van der Waals surface area contributed by atoms with E-state index in [1.807, 2.05) is 32.0 Å². The largest absolute Gasteiger partial charge is 0.345 e. The van der Waals surface area contributed by atoms with Gasteiger partial charge in [0.15, 0.2) is 0 Å². The molecule has 0 radical (unpaired) electrons. The lowest BCUT2D eigenvalue weighted by molar-refractivity contribution is -0.132. The molecule has 1 aromatic carbocycles. The molecule has 7 heteroatoms. The summed E-state index contributed by atoms with van der Waals surface area (Å²) in [6.07, 6.45) is 1.83. The van der Waals surface area contributed by atoms with E-state index in [4.69, 9.17) is 0 Å². The lowest BCUT2D eigenvalue weighted by Gasteiger charge is -2.26. The molecule has 0 bridgehead atoms. The highest BCUT2D eigenvalue weighted by atomic mass is 16.2. The number of carbonyl (C=O) groups is 2. The van der Waals surface area contributed by atoms with E-state index in [1.165, 1.54) is 6.07 Å². The van der Waals surface area contributed by atoms with Crippen LogP contribution in [0, 0.1) is 0 Å². The predicted molar refractivity (Wildman–Crippen MR) is 104 cm³/mol. The summed E-state index contributed by atoms with van der Waals surface area (Å²) in [7, 11) is 0. The summed E-state index contributed by atoms with van der Waals surface area (Å²) < 4.78 is 0. The van der Waals surface area contributed by atoms with Crippen molar-refractivity contribution in [2.45, 2.75) is 51.1 Å². The minimum Gasteiger partial charge on any atom is -0.345 e. The first-order valence-corrected chi connectivity index (χ1v) is 9.74. The summed E-state index contributed by atoms with van der Waals surface area (Å²) >= 11 is 0. The molecule has 28 heavy (non-hydrogen) atoms. The molecule has 2 N–H and O–H groups in total. The van der Waals surface area contributed by atoms with Gasteiger partial charge in [0, 0.05) is 18.2 Å². The van der Waals surface area contributed by atoms with Gasteiger partial charge in [-0.2, -0.15) is 0 Å². The van der Waals surface area contributed by atoms with Crippen LogP contribution in [-0.4, -0.2) is 33.2 Å². The molecule has 2 aliphatic heterocycles. The van der Waals surface area contributed by atoms with E-state index in [2.05, 4.69) is 15.3 Å². The fourth-order valence-electron chi connectivity index (χ4n) is 4.07. The van der Waals surface area contributed by atoms with Crippen molar-refractivity contribution >= 4 is 11.8 Å². The van der Waals surface area contributed by atoms with Gasteiger partial charge in [-0.15, -0.1) is 0 Å². The van der Waals surface area contributed by atoms with Gasteiger partial charge in [-0.05, 0) is 30.4 Å². The Kier molecular flexibility index (Phi) is 4.75. The number of aromatic nitrogens is 2. The van der Waals surface area contributed by atoms with Gasteiger partial charge in [0.1, 0.15) is 5.82 Å². The third-order valence-electron chi connectivity index (χ3n) is 5.53. The lowest BCUT2D eigenvalue weighted by Crippen LogP contribution is -2.35. The number of benzene rings is 1. The highest BCUT2D eigenvalue weighted by Crippen LogP contribution is 2.33. The van der Waals surface area contributed by atoms with Crippen molar-refractivity contribution in [2.24, 2.45) is 0 Å². The summed E-state index contributed by atoms with van der Waals surface area (Å²) in [4.78, 5) is 46.4. The van der Waals surface area contributed by atoms with Gasteiger partial charge in [0.2, 0.25) is 5.91 Å². The fraction of sp³-hybridized carbons (Fsp3) is 0.429. The number of aromatic amines is 1. The van der Waals surface area contributed by atoms with Crippen molar-refractivity contribution < 1.29 is 9.59 Å². The molecule has 1 saturated heterocycles. The SMILES string of the molecule is CC(C)c1cc(=O)[nH]c([C@@H]2CCCN2C(=O)C[C@@H]2NC(=O)c3ccccc32)n1. The first kappa shape index (κ1) is 18.4. The Hall–Kier alpha value is -2.96. The molecule has 0 unspecified atom stereocenters. The summed E-state index contributed by atoms with van der Waals surface area (Å²) in [5.74, 6) is 0.513. The highest BCUT2D eigenvalue weighted by molar-refractivity contribution is 5.99. The van der Waals surface area contributed by atoms with Crippen LogP contribution in [0.15, 0.2) is 35.1 Å². The first-order valence-electron chi connectivity index (χ1n) is 9.74. The Bertz CT molecular complexity index is 982. The van der Waals surface area contributed by atoms with Crippen LogP contribution in [-0.2, 0) is 4.79 Å². The molecule has 3 heterocycles. The van der Waals surface area contributed by atoms with Crippen LogP contribution in [0.25, 0.3) is 0 Å². The van der Waals surface area contributed by atoms with Crippen LogP contribution in [0.4, 0.5) is 0 Å². The van der Waals surface area contributed by atoms with Crippen LogP contribution in [0.1, 0.15) is 78.6 Å². The van der Waals surface area contributed by atoms with Crippen molar-refractivity contribution in [3.05, 3.63) is 63.3 Å². The van der Waals surface area contributed by atoms with Crippen LogP contribution in [0.5, 0.6) is 0 Å². The van der Waals surface area contributed by atoms with Crippen molar-refractivity contribution in [1.29, 1.82) is 0 Å². The number of likely N-dealkylation sites (tertiary alicyclic amines) is 1. The molecule has 146 valence electrons. The summed E-state index contributed by atoms with van der Waals surface area (Å²) in [6.45, 7) is 4.61. The maximum absolute atomic E-state index is 13.1. The molecular weight excluding hydrogens is 356 g/mol. The maximum atomic E-state index is 13.1. The lowest BCUT2D eigenvalue weighted by atomic mass is 10.0. The number of fused-ring (bicyclic) bond motifs is 1. The summed E-state index contributed by atoms with van der Waals surface area (Å²) in [6, 6.07) is 8.33. The molecule has 4 rings (SSSR count). The van der Waals surface area contributed by atoms with Gasteiger partial charge in [-0.1, -0.05) is 32.0 Å². The summed E-state index contributed by atoms with van der Waals surface area (Å²) in [5, 5.41) is 2.90. The molecular formula is C21H24N4O3. The first-order chi connectivity index (χ1) is 13.4. The molecule has 7 nitrogen and oxygen atoms in total. The molecule has 2 atom stereocenters. The van der Waals surface area contributed by atoms with E-state index in [-0.39, 0.29) is 41.8 Å². The second-order valence-corrected chi connectivity index (χ2v) is 7.77. The van der Waals surface area contributed by atoms with Crippen LogP contribution in [0.3, 0.4) is 0 Å². The number of hydrogen-bond acceptors (Lipinski definition) is 4. The molecule has 0 spiro atoms. The van der Waals surface area contributed by atoms with Gasteiger partial charge >= 0.3 is 0 Å². The second-order valence-electron chi connectivity index (χ2n) is 7.77. The summed E-state index contributed by atoms with van der Waals surface area (Å²) in [5.41, 5.74) is 2.04. The molecule has 1 aromatic heterocycles. The van der Waals surface area contributed by atoms with Gasteiger partial charge in [0.25, 0.3) is 11.5 Å². The second kappa shape index (κ2) is 7.22. The molecule has 2 aliphatic rings. The predicted octanol–water partition coefficient (Wildman–Crippen LogP) is 2.43. The van der Waals surface area contributed by atoms with E-state index in [0.717, 1.165) is 24.1 Å². The van der Waals surface area contributed by atoms with E-state index < -0.39 is 0 Å². The van der Waals surface area contributed by atoms with E-state index >= 15 is 0 Å².